The number of aromatic nitrogens is 1. The highest BCUT2D eigenvalue weighted by Gasteiger charge is 2.46. The van der Waals surface area contributed by atoms with Crippen LogP contribution >= 0.6 is 0 Å². The van der Waals surface area contributed by atoms with Crippen molar-refractivity contribution in [3.63, 3.8) is 0 Å². The zero-order chi connectivity index (χ0) is 39.0. The van der Waals surface area contributed by atoms with Gasteiger partial charge in [0.2, 0.25) is 11.8 Å². The van der Waals surface area contributed by atoms with Crippen LogP contribution in [0.25, 0.3) is 11.1 Å². The van der Waals surface area contributed by atoms with Gasteiger partial charge in [0.1, 0.15) is 30.2 Å². The van der Waals surface area contributed by atoms with Crippen molar-refractivity contribution in [2.45, 2.75) is 114 Å². The molecule has 6 N–H and O–H groups in total. The van der Waals surface area contributed by atoms with Crippen molar-refractivity contribution in [2.24, 2.45) is 0 Å². The van der Waals surface area contributed by atoms with Gasteiger partial charge in [-0.15, -0.1) is 0 Å². The van der Waals surface area contributed by atoms with Crippen LogP contribution in [-0.4, -0.2) is 116 Å². The molecule has 12 nitrogen and oxygen atoms in total. The van der Waals surface area contributed by atoms with Gasteiger partial charge in [-0.05, 0) is 91.3 Å². The van der Waals surface area contributed by atoms with Crippen LogP contribution in [0.2, 0.25) is 0 Å². The Bertz CT molecular complexity index is 1710. The Morgan fingerprint density at radius 3 is 2.37 bits per heavy atom. The van der Waals surface area contributed by atoms with Crippen molar-refractivity contribution in [1.82, 2.24) is 20.1 Å². The first kappa shape index (κ1) is 41.3. The first-order valence-corrected chi connectivity index (χ1v) is 19.2. The second kappa shape index (κ2) is 18.6. The number of rotatable bonds is 21. The summed E-state index contributed by atoms with van der Waals surface area (Å²) in [7, 11) is 3.22. The Morgan fingerprint density at radius 2 is 1.69 bits per heavy atom. The third-order valence-electron chi connectivity index (χ3n) is 10.8. The van der Waals surface area contributed by atoms with Gasteiger partial charge in [0.15, 0.2) is 0 Å². The number of amides is 2. The van der Waals surface area contributed by atoms with Crippen molar-refractivity contribution >= 4 is 11.8 Å². The molecule has 1 aromatic heterocycles. The number of nitrogens with one attached hydrogen (secondary N) is 1. The molecule has 5 rings (SSSR count). The second-order valence-electron chi connectivity index (χ2n) is 15.3. The number of carbonyl (C=O) groups is 2. The molecule has 12 heteroatoms. The fourth-order valence-electron chi connectivity index (χ4n) is 6.84. The van der Waals surface area contributed by atoms with E-state index in [9.17, 15) is 30.0 Å². The van der Waals surface area contributed by atoms with Gasteiger partial charge in [-0.3, -0.25) is 14.6 Å². The zero-order valence-electron chi connectivity index (χ0n) is 32.0. The predicted molar refractivity (Wildman–Crippen MR) is 206 cm³/mol. The van der Waals surface area contributed by atoms with Gasteiger partial charge in [-0.25, -0.2) is 0 Å². The molecule has 0 bridgehead atoms. The Morgan fingerprint density at radius 1 is 0.963 bits per heavy atom. The SMILES string of the molecule is Cc1ccc(C(C)CCCC(=O)N(CCC(=O)N(C)C)C[C@H](O)[C@@H](O)[C@H](O)[C@H](O)CO)cc1CNC1(c2cnccc2-c2ccccc2OC2CC2)CC1. The smallest absolute Gasteiger partial charge is 0.223 e. The number of nitrogens with zero attached hydrogens (tertiary/aromatic N) is 3. The van der Waals surface area contributed by atoms with Crippen molar-refractivity contribution in [2.75, 3.05) is 33.8 Å². The number of aliphatic hydroxyl groups is 5. The summed E-state index contributed by atoms with van der Waals surface area (Å²) in [5, 5.41) is 53.7. The van der Waals surface area contributed by atoms with E-state index in [0.29, 0.717) is 19.1 Å². The third kappa shape index (κ3) is 10.6. The number of pyridine rings is 1. The van der Waals surface area contributed by atoms with Crippen LogP contribution in [0, 0.1) is 6.92 Å². The molecule has 2 amide bonds. The number of carbonyl (C=O) groups excluding carboxylic acids is 2. The summed E-state index contributed by atoms with van der Waals surface area (Å²) in [5.41, 5.74) is 6.83. The molecule has 0 radical (unpaired) electrons. The predicted octanol–water partition coefficient (Wildman–Crippen LogP) is 3.39. The van der Waals surface area contributed by atoms with Crippen LogP contribution in [-0.2, 0) is 21.7 Å². The van der Waals surface area contributed by atoms with Crippen LogP contribution < -0.4 is 10.1 Å². The average Bonchev–Trinajstić information content (AvgIpc) is 4.12. The molecular weight excluding hydrogens is 688 g/mol. The lowest BCUT2D eigenvalue weighted by molar-refractivity contribution is -0.141. The van der Waals surface area contributed by atoms with Crippen LogP contribution in [0.5, 0.6) is 5.75 Å². The summed E-state index contributed by atoms with van der Waals surface area (Å²) in [6.45, 7) is 3.82. The quantitative estimate of drug-likeness (QED) is 0.0948. The number of aliphatic hydroxyl groups excluding tert-OH is 5. The Hall–Kier alpha value is -3.91. The molecule has 0 spiro atoms. The van der Waals surface area contributed by atoms with E-state index in [2.05, 4.69) is 66.6 Å². The molecule has 3 aromatic rings. The summed E-state index contributed by atoms with van der Waals surface area (Å²) in [6.07, 6.45) is 2.97. The largest absolute Gasteiger partial charge is 0.490 e. The first-order chi connectivity index (χ1) is 25.8. The lowest BCUT2D eigenvalue weighted by Gasteiger charge is -2.31. The van der Waals surface area contributed by atoms with Gasteiger partial charge in [0.05, 0.1) is 12.7 Å². The number of hydrogen-bond acceptors (Lipinski definition) is 10. The van der Waals surface area contributed by atoms with Crippen LogP contribution in [0.1, 0.15) is 86.5 Å². The third-order valence-corrected chi connectivity index (χ3v) is 10.8. The minimum atomic E-state index is -1.81. The van der Waals surface area contributed by atoms with E-state index in [-0.39, 0.29) is 49.2 Å². The van der Waals surface area contributed by atoms with Gasteiger partial charge in [0, 0.05) is 70.1 Å². The number of hydrogen-bond donors (Lipinski definition) is 6. The molecule has 1 heterocycles. The minimum Gasteiger partial charge on any atom is -0.490 e. The standard InChI is InChI=1S/C42H58N4O8/c1-27(8-7-11-39(51)46(21-17-38(50)45(3)4)25-35(48)40(52)41(53)36(49)26-47)29-13-12-28(2)30(22-29)23-44-42(18-19-42)34-24-43-20-16-32(34)33-9-5-6-10-37(33)54-31-14-15-31/h5-6,9-10,12-13,16,20,22,24,27,31,35-36,40-41,44,47-49,52-53H,7-8,11,14-15,17-19,21,23,25-26H2,1-4H3/t27?,35-,36+,40+,41+/m0/s1. The molecule has 2 fully saturated rings. The van der Waals surface area contributed by atoms with Crippen molar-refractivity contribution in [3.8, 4) is 16.9 Å². The van der Waals surface area contributed by atoms with Crippen LogP contribution in [0.15, 0.2) is 60.9 Å². The highest BCUT2D eigenvalue weighted by molar-refractivity contribution is 5.79. The maximum absolute atomic E-state index is 13.4. The Labute approximate surface area is 318 Å². The van der Waals surface area contributed by atoms with E-state index in [1.165, 1.54) is 32.1 Å². The summed E-state index contributed by atoms with van der Waals surface area (Å²) < 4.78 is 6.28. The average molecular weight is 747 g/mol. The number of benzene rings is 2. The zero-order valence-corrected chi connectivity index (χ0v) is 32.0. The maximum atomic E-state index is 13.4. The van der Waals surface area contributed by atoms with Gasteiger partial charge in [-0.2, -0.15) is 0 Å². The molecule has 2 aliphatic rings. The first-order valence-electron chi connectivity index (χ1n) is 19.2. The number of ether oxygens (including phenoxy) is 1. The van der Waals surface area contributed by atoms with Crippen LogP contribution in [0.3, 0.4) is 0 Å². The molecule has 294 valence electrons. The Kier molecular flexibility index (Phi) is 14.2. The lowest BCUT2D eigenvalue weighted by atomic mass is 9.91. The molecular formula is C42H58N4O8. The minimum absolute atomic E-state index is 0.0188. The van der Waals surface area contributed by atoms with E-state index >= 15 is 0 Å². The van der Waals surface area contributed by atoms with E-state index in [1.807, 2.05) is 18.5 Å². The molecule has 2 saturated carbocycles. The fourth-order valence-corrected chi connectivity index (χ4v) is 6.84. The lowest BCUT2D eigenvalue weighted by Crippen LogP contribution is -2.51. The molecule has 2 aromatic carbocycles. The van der Waals surface area contributed by atoms with Crippen molar-refractivity contribution in [1.29, 1.82) is 0 Å². The van der Waals surface area contributed by atoms with E-state index in [0.717, 1.165) is 49.0 Å². The summed E-state index contributed by atoms with van der Waals surface area (Å²) >= 11 is 0. The molecule has 54 heavy (non-hydrogen) atoms. The molecule has 5 atom stereocenters. The summed E-state index contributed by atoms with van der Waals surface area (Å²) in [6, 6.07) is 16.9. The van der Waals surface area contributed by atoms with E-state index in [1.54, 1.807) is 14.1 Å². The van der Waals surface area contributed by atoms with Gasteiger partial charge in [-0.1, -0.05) is 43.3 Å². The van der Waals surface area contributed by atoms with Crippen molar-refractivity contribution < 1.29 is 39.9 Å². The highest BCUT2D eigenvalue weighted by Crippen LogP contribution is 2.50. The second-order valence-corrected chi connectivity index (χ2v) is 15.3. The molecule has 1 unspecified atom stereocenters. The normalized spacial score (nSPS) is 17.6. The van der Waals surface area contributed by atoms with Crippen LogP contribution in [0.4, 0.5) is 0 Å². The Balaban J connectivity index is 1.20. The summed E-state index contributed by atoms with van der Waals surface area (Å²) in [5.74, 6) is 0.582. The number of para-hydroxylation sites is 1. The van der Waals surface area contributed by atoms with Crippen molar-refractivity contribution in [3.05, 3.63) is 83.2 Å². The fraction of sp³-hybridized carbons (Fsp3) is 0.548. The monoisotopic (exact) mass is 746 g/mol. The summed E-state index contributed by atoms with van der Waals surface area (Å²) in [4.78, 5) is 32.9. The van der Waals surface area contributed by atoms with Gasteiger partial charge in [0.25, 0.3) is 0 Å². The van der Waals surface area contributed by atoms with Gasteiger partial charge < -0.3 is 45.4 Å². The molecule has 2 aliphatic carbocycles. The molecule has 0 aliphatic heterocycles. The maximum Gasteiger partial charge on any atom is 0.223 e. The molecule has 0 saturated heterocycles. The highest BCUT2D eigenvalue weighted by atomic mass is 16.5. The topological polar surface area (TPSA) is 176 Å². The van der Waals surface area contributed by atoms with Gasteiger partial charge >= 0.3 is 0 Å². The van der Waals surface area contributed by atoms with E-state index in [4.69, 9.17) is 9.84 Å². The number of aryl methyl sites for hydroxylation is 1. The van der Waals surface area contributed by atoms with E-state index < -0.39 is 31.0 Å².